The second kappa shape index (κ2) is 8.54. The van der Waals surface area contributed by atoms with E-state index in [0.717, 1.165) is 21.7 Å². The molecule has 0 bridgehead atoms. The molecular formula is C22H20BrN7O2. The predicted octanol–water partition coefficient (Wildman–Crippen LogP) is 2.94. The Morgan fingerprint density at radius 2 is 1.81 bits per heavy atom. The van der Waals surface area contributed by atoms with Crippen molar-refractivity contribution < 1.29 is 9.53 Å². The zero-order valence-corrected chi connectivity index (χ0v) is 18.9. The van der Waals surface area contributed by atoms with Gasteiger partial charge in [-0.25, -0.2) is 9.97 Å². The van der Waals surface area contributed by atoms with Crippen LogP contribution in [0.25, 0.3) is 16.9 Å². The molecule has 5 rings (SSSR count). The molecule has 1 aliphatic rings. The van der Waals surface area contributed by atoms with Crippen molar-refractivity contribution in [3.8, 4) is 11.4 Å². The number of rotatable bonds is 4. The van der Waals surface area contributed by atoms with Crippen molar-refractivity contribution in [2.45, 2.75) is 0 Å². The summed E-state index contributed by atoms with van der Waals surface area (Å²) in [5.74, 6) is 1.49. The molecule has 0 unspecified atom stereocenters. The van der Waals surface area contributed by atoms with Crippen LogP contribution in [0.2, 0.25) is 0 Å². The van der Waals surface area contributed by atoms with Crippen molar-refractivity contribution >= 4 is 38.8 Å². The predicted molar refractivity (Wildman–Crippen MR) is 123 cm³/mol. The number of methoxy groups -OCH3 is 1. The monoisotopic (exact) mass is 493 g/mol. The number of aromatic nitrogens is 5. The molecular weight excluding hydrogens is 474 g/mol. The van der Waals surface area contributed by atoms with Crippen LogP contribution in [0.15, 0.2) is 59.3 Å². The largest absolute Gasteiger partial charge is 0.497 e. The van der Waals surface area contributed by atoms with Crippen LogP contribution in [0.4, 0.5) is 5.82 Å². The van der Waals surface area contributed by atoms with E-state index >= 15 is 0 Å². The highest BCUT2D eigenvalue weighted by molar-refractivity contribution is 9.10. The molecule has 162 valence electrons. The Kier molecular flexibility index (Phi) is 5.44. The summed E-state index contributed by atoms with van der Waals surface area (Å²) in [5, 5.41) is 8.66. The summed E-state index contributed by atoms with van der Waals surface area (Å²) >= 11 is 3.41. The van der Waals surface area contributed by atoms with Crippen LogP contribution in [-0.4, -0.2) is 69.1 Å². The molecule has 0 atom stereocenters. The lowest BCUT2D eigenvalue weighted by Gasteiger charge is -2.35. The molecule has 1 saturated heterocycles. The van der Waals surface area contributed by atoms with E-state index in [-0.39, 0.29) is 5.91 Å². The van der Waals surface area contributed by atoms with Crippen molar-refractivity contribution in [2.24, 2.45) is 0 Å². The molecule has 3 heterocycles. The third-order valence-electron chi connectivity index (χ3n) is 5.47. The molecule has 10 heteroatoms. The van der Waals surface area contributed by atoms with Crippen molar-refractivity contribution in [2.75, 3.05) is 38.2 Å². The van der Waals surface area contributed by atoms with Gasteiger partial charge in [-0.15, -0.1) is 5.10 Å². The van der Waals surface area contributed by atoms with Gasteiger partial charge in [0.1, 0.15) is 12.1 Å². The number of halogens is 1. The molecule has 0 spiro atoms. The second-order valence-corrected chi connectivity index (χ2v) is 8.27. The first-order chi connectivity index (χ1) is 15.6. The molecule has 0 saturated carbocycles. The van der Waals surface area contributed by atoms with Crippen LogP contribution >= 0.6 is 15.9 Å². The van der Waals surface area contributed by atoms with E-state index in [4.69, 9.17) is 4.74 Å². The van der Waals surface area contributed by atoms with E-state index in [1.54, 1.807) is 11.8 Å². The standard InChI is InChI=1S/C22H20BrN7O2/c1-32-18-4-2-3-17(13-18)30-21-19(26-27-30)20(24-14-25-21)28-9-11-29(12-10-28)22(31)15-5-7-16(23)8-6-15/h2-8,13-14H,9-12H2,1H3. The lowest BCUT2D eigenvalue weighted by molar-refractivity contribution is 0.0746. The van der Waals surface area contributed by atoms with Gasteiger partial charge in [-0.3, -0.25) is 4.79 Å². The summed E-state index contributed by atoms with van der Waals surface area (Å²) < 4.78 is 7.94. The Balaban J connectivity index is 1.36. The lowest BCUT2D eigenvalue weighted by Crippen LogP contribution is -2.49. The maximum Gasteiger partial charge on any atom is 0.253 e. The van der Waals surface area contributed by atoms with Gasteiger partial charge in [0.05, 0.1) is 12.8 Å². The highest BCUT2D eigenvalue weighted by Gasteiger charge is 2.25. The number of ether oxygens (including phenoxy) is 1. The van der Waals surface area contributed by atoms with Gasteiger partial charge in [-0.1, -0.05) is 27.2 Å². The molecule has 0 radical (unpaired) electrons. The van der Waals surface area contributed by atoms with Crippen molar-refractivity contribution in [1.82, 2.24) is 29.9 Å². The average molecular weight is 494 g/mol. The summed E-state index contributed by atoms with van der Waals surface area (Å²) in [5.41, 5.74) is 2.74. The quantitative estimate of drug-likeness (QED) is 0.431. The number of nitrogens with zero attached hydrogens (tertiary/aromatic N) is 7. The Bertz CT molecular complexity index is 1270. The number of benzene rings is 2. The first-order valence-corrected chi connectivity index (χ1v) is 10.9. The van der Waals surface area contributed by atoms with Gasteiger partial charge >= 0.3 is 0 Å². The number of piperazine rings is 1. The van der Waals surface area contributed by atoms with Crippen LogP contribution < -0.4 is 9.64 Å². The zero-order valence-electron chi connectivity index (χ0n) is 17.3. The maximum absolute atomic E-state index is 12.8. The Labute approximate surface area is 192 Å². The van der Waals surface area contributed by atoms with Crippen molar-refractivity contribution in [1.29, 1.82) is 0 Å². The van der Waals surface area contributed by atoms with Crippen LogP contribution in [0.1, 0.15) is 10.4 Å². The van der Waals surface area contributed by atoms with Crippen LogP contribution in [0.5, 0.6) is 5.75 Å². The van der Waals surface area contributed by atoms with Gasteiger partial charge in [0.15, 0.2) is 17.0 Å². The van der Waals surface area contributed by atoms with Gasteiger partial charge in [0, 0.05) is 42.3 Å². The number of amides is 1. The molecule has 9 nitrogen and oxygen atoms in total. The van der Waals surface area contributed by atoms with E-state index < -0.39 is 0 Å². The minimum absolute atomic E-state index is 0.0361. The van der Waals surface area contributed by atoms with E-state index in [9.17, 15) is 4.79 Å². The molecule has 0 N–H and O–H groups in total. The molecule has 2 aromatic heterocycles. The first kappa shape index (κ1) is 20.4. The van der Waals surface area contributed by atoms with Gasteiger partial charge in [-0.2, -0.15) is 4.68 Å². The second-order valence-electron chi connectivity index (χ2n) is 7.36. The first-order valence-electron chi connectivity index (χ1n) is 10.1. The van der Waals surface area contributed by atoms with Gasteiger partial charge < -0.3 is 14.5 Å². The number of anilines is 1. The normalized spacial score (nSPS) is 14.1. The van der Waals surface area contributed by atoms with Crippen molar-refractivity contribution in [3.05, 3.63) is 64.9 Å². The number of carbonyl (C=O) groups is 1. The van der Waals surface area contributed by atoms with Gasteiger partial charge in [-0.05, 0) is 36.4 Å². The maximum atomic E-state index is 12.8. The summed E-state index contributed by atoms with van der Waals surface area (Å²) in [6.45, 7) is 2.51. The molecule has 0 aliphatic carbocycles. The summed E-state index contributed by atoms with van der Waals surface area (Å²) in [4.78, 5) is 25.7. The minimum Gasteiger partial charge on any atom is -0.497 e. The third kappa shape index (κ3) is 3.77. The topological polar surface area (TPSA) is 89.3 Å². The average Bonchev–Trinajstić information content (AvgIpc) is 3.29. The minimum atomic E-state index is 0.0361. The summed E-state index contributed by atoms with van der Waals surface area (Å²) in [7, 11) is 1.62. The van der Waals surface area contributed by atoms with Gasteiger partial charge in [0.25, 0.3) is 5.91 Å². The molecule has 1 amide bonds. The number of carbonyl (C=O) groups excluding carboxylic acids is 1. The van der Waals surface area contributed by atoms with E-state index in [0.29, 0.717) is 42.9 Å². The van der Waals surface area contributed by atoms with Crippen molar-refractivity contribution in [3.63, 3.8) is 0 Å². The van der Waals surface area contributed by atoms with Crippen LogP contribution in [-0.2, 0) is 0 Å². The SMILES string of the molecule is COc1cccc(-n2nnc3c(N4CCN(C(=O)c5ccc(Br)cc5)CC4)ncnc32)c1. The number of hydrogen-bond donors (Lipinski definition) is 0. The van der Waals surface area contributed by atoms with Gasteiger partial charge in [0.2, 0.25) is 0 Å². The number of fused-ring (bicyclic) bond motifs is 1. The molecule has 1 fully saturated rings. The van der Waals surface area contributed by atoms with E-state index in [1.807, 2.05) is 53.4 Å². The fourth-order valence-electron chi connectivity index (χ4n) is 3.78. The lowest BCUT2D eigenvalue weighted by atomic mass is 10.2. The highest BCUT2D eigenvalue weighted by atomic mass is 79.9. The molecule has 32 heavy (non-hydrogen) atoms. The smallest absolute Gasteiger partial charge is 0.253 e. The Morgan fingerprint density at radius 3 is 2.56 bits per heavy atom. The number of hydrogen-bond acceptors (Lipinski definition) is 7. The highest BCUT2D eigenvalue weighted by Crippen LogP contribution is 2.25. The Morgan fingerprint density at radius 1 is 1.03 bits per heavy atom. The fourth-order valence-corrected chi connectivity index (χ4v) is 4.05. The van der Waals surface area contributed by atoms with Crippen LogP contribution in [0, 0.1) is 0 Å². The van der Waals surface area contributed by atoms with E-state index in [1.165, 1.54) is 6.33 Å². The molecule has 2 aromatic carbocycles. The summed E-state index contributed by atoms with van der Waals surface area (Å²) in [6.07, 6.45) is 1.52. The Hall–Kier alpha value is -3.53. The zero-order chi connectivity index (χ0) is 22.1. The van der Waals surface area contributed by atoms with E-state index in [2.05, 4.69) is 41.1 Å². The molecule has 1 aliphatic heterocycles. The fraction of sp³-hybridized carbons (Fsp3) is 0.227. The van der Waals surface area contributed by atoms with Crippen LogP contribution in [0.3, 0.4) is 0 Å². The molecule has 4 aromatic rings. The third-order valence-corrected chi connectivity index (χ3v) is 6.00. The summed E-state index contributed by atoms with van der Waals surface area (Å²) in [6, 6.07) is 15.0.